The topological polar surface area (TPSA) is 66.5 Å². The molecule has 0 bridgehead atoms. The molecule has 5 nitrogen and oxygen atoms in total. The number of hydrogen-bond acceptors (Lipinski definition) is 3. The summed E-state index contributed by atoms with van der Waals surface area (Å²) in [6.07, 6.45) is 0. The average molecular weight is 401 g/mol. The first-order valence-electron chi connectivity index (χ1n) is 7.35. The molecular formula is C17H18Cl2N2O3S. The van der Waals surface area contributed by atoms with Gasteiger partial charge in [-0.3, -0.25) is 4.79 Å². The molecule has 0 aliphatic heterocycles. The summed E-state index contributed by atoms with van der Waals surface area (Å²) in [7, 11) is -0.774. The smallest absolute Gasteiger partial charge is 0.255 e. The lowest BCUT2D eigenvalue weighted by Gasteiger charge is -2.17. The van der Waals surface area contributed by atoms with E-state index in [-0.39, 0.29) is 15.5 Å². The van der Waals surface area contributed by atoms with Crippen molar-refractivity contribution >= 4 is 44.8 Å². The Morgan fingerprint density at radius 2 is 1.76 bits per heavy atom. The summed E-state index contributed by atoms with van der Waals surface area (Å²) >= 11 is 12.0. The van der Waals surface area contributed by atoms with E-state index < -0.39 is 15.9 Å². The monoisotopic (exact) mass is 400 g/mol. The summed E-state index contributed by atoms with van der Waals surface area (Å²) in [6, 6.07) is 7.89. The van der Waals surface area contributed by atoms with E-state index in [1.165, 1.54) is 20.2 Å². The lowest BCUT2D eigenvalue weighted by Crippen LogP contribution is -2.24. The van der Waals surface area contributed by atoms with Gasteiger partial charge in [-0.25, -0.2) is 12.7 Å². The zero-order chi connectivity index (χ0) is 18.9. The molecule has 2 aromatic carbocycles. The van der Waals surface area contributed by atoms with Gasteiger partial charge in [-0.15, -0.1) is 0 Å². The summed E-state index contributed by atoms with van der Waals surface area (Å²) in [4.78, 5) is 12.7. The van der Waals surface area contributed by atoms with Crippen LogP contribution in [-0.4, -0.2) is 32.7 Å². The van der Waals surface area contributed by atoms with Crippen molar-refractivity contribution in [2.24, 2.45) is 0 Å². The summed E-state index contributed by atoms with van der Waals surface area (Å²) in [5.74, 6) is -0.470. The van der Waals surface area contributed by atoms with Gasteiger partial charge >= 0.3 is 0 Å². The van der Waals surface area contributed by atoms with E-state index in [0.717, 1.165) is 4.31 Å². The Balaban J connectivity index is 2.48. The number of nitrogens with one attached hydrogen (secondary N) is 1. The number of benzene rings is 2. The molecule has 0 atom stereocenters. The first-order chi connectivity index (χ1) is 11.6. The number of nitrogens with zero attached hydrogens (tertiary/aromatic N) is 1. The van der Waals surface area contributed by atoms with Gasteiger partial charge in [0, 0.05) is 19.7 Å². The average Bonchev–Trinajstić information content (AvgIpc) is 2.53. The largest absolute Gasteiger partial charge is 0.321 e. The molecule has 0 fully saturated rings. The molecule has 134 valence electrons. The number of amides is 1. The summed E-state index contributed by atoms with van der Waals surface area (Å²) in [5.41, 5.74) is 1.88. The number of rotatable bonds is 4. The number of halogens is 2. The minimum atomic E-state index is -3.67. The lowest BCUT2D eigenvalue weighted by molar-refractivity contribution is 0.102. The van der Waals surface area contributed by atoms with Crippen molar-refractivity contribution in [2.75, 3.05) is 19.4 Å². The van der Waals surface area contributed by atoms with Crippen LogP contribution in [0.3, 0.4) is 0 Å². The highest BCUT2D eigenvalue weighted by Crippen LogP contribution is 2.30. The first-order valence-corrected chi connectivity index (χ1v) is 9.54. The number of carbonyl (C=O) groups is 1. The molecule has 0 unspecified atom stereocenters. The summed E-state index contributed by atoms with van der Waals surface area (Å²) < 4.78 is 26.1. The molecule has 1 amide bonds. The van der Waals surface area contributed by atoms with Gasteiger partial charge in [0.25, 0.3) is 5.91 Å². The van der Waals surface area contributed by atoms with Crippen molar-refractivity contribution in [1.29, 1.82) is 0 Å². The maximum Gasteiger partial charge on any atom is 0.255 e. The molecule has 0 aromatic heterocycles. The van der Waals surface area contributed by atoms with Crippen LogP contribution in [0.4, 0.5) is 5.69 Å². The van der Waals surface area contributed by atoms with Gasteiger partial charge in [0.2, 0.25) is 10.0 Å². The Labute approximate surface area is 157 Å². The van der Waals surface area contributed by atoms with Crippen LogP contribution in [0, 0.1) is 13.8 Å². The highest BCUT2D eigenvalue weighted by atomic mass is 35.5. The molecule has 0 aliphatic rings. The Bertz CT molecular complexity index is 941. The third kappa shape index (κ3) is 3.98. The van der Waals surface area contributed by atoms with Gasteiger partial charge < -0.3 is 5.32 Å². The third-order valence-corrected chi connectivity index (χ3v) is 6.60. The number of hydrogen-bond donors (Lipinski definition) is 1. The zero-order valence-electron chi connectivity index (χ0n) is 14.2. The van der Waals surface area contributed by atoms with E-state index in [1.54, 1.807) is 38.1 Å². The van der Waals surface area contributed by atoms with Crippen molar-refractivity contribution in [2.45, 2.75) is 18.7 Å². The van der Waals surface area contributed by atoms with Crippen LogP contribution >= 0.6 is 23.2 Å². The molecule has 2 aromatic rings. The number of aryl methyl sites for hydroxylation is 1. The van der Waals surface area contributed by atoms with Crippen molar-refractivity contribution < 1.29 is 13.2 Å². The van der Waals surface area contributed by atoms with Crippen LogP contribution in [-0.2, 0) is 10.0 Å². The molecule has 0 saturated heterocycles. The predicted octanol–water partition coefficient (Wildman–Crippen LogP) is 4.11. The quantitative estimate of drug-likeness (QED) is 0.839. The van der Waals surface area contributed by atoms with Crippen LogP contribution in [0.15, 0.2) is 35.2 Å². The van der Waals surface area contributed by atoms with E-state index in [1.807, 2.05) is 0 Å². The Morgan fingerprint density at radius 3 is 2.36 bits per heavy atom. The van der Waals surface area contributed by atoms with Crippen molar-refractivity contribution in [1.82, 2.24) is 4.31 Å². The molecule has 0 heterocycles. The van der Waals surface area contributed by atoms with Crippen molar-refractivity contribution in [3.05, 3.63) is 57.1 Å². The molecule has 1 N–H and O–H groups in total. The minimum absolute atomic E-state index is 0.0971. The van der Waals surface area contributed by atoms with Gasteiger partial charge in [0.1, 0.15) is 0 Å². The zero-order valence-corrected chi connectivity index (χ0v) is 16.6. The predicted molar refractivity (Wildman–Crippen MR) is 101 cm³/mol. The fourth-order valence-corrected chi connectivity index (χ4v) is 3.78. The molecule has 0 spiro atoms. The molecular weight excluding hydrogens is 383 g/mol. The molecule has 25 heavy (non-hydrogen) atoms. The van der Waals surface area contributed by atoms with E-state index in [9.17, 15) is 13.2 Å². The highest BCUT2D eigenvalue weighted by Gasteiger charge is 2.23. The molecule has 8 heteroatoms. The fraction of sp³-hybridized carbons (Fsp3) is 0.235. The third-order valence-electron chi connectivity index (χ3n) is 3.84. The normalized spacial score (nSPS) is 11.6. The maximum atomic E-state index is 12.6. The molecule has 0 aliphatic carbocycles. The van der Waals surface area contributed by atoms with Gasteiger partial charge in [-0.1, -0.05) is 29.3 Å². The van der Waals surface area contributed by atoms with E-state index >= 15 is 0 Å². The van der Waals surface area contributed by atoms with Gasteiger partial charge in [-0.05, 0) is 49.2 Å². The second-order valence-electron chi connectivity index (χ2n) is 5.76. The summed E-state index contributed by atoms with van der Waals surface area (Å²) in [5, 5.41) is 3.20. The van der Waals surface area contributed by atoms with Crippen LogP contribution in [0.25, 0.3) is 0 Å². The van der Waals surface area contributed by atoms with E-state index in [2.05, 4.69) is 5.32 Å². The van der Waals surface area contributed by atoms with Crippen LogP contribution in [0.1, 0.15) is 21.5 Å². The number of carbonyl (C=O) groups excluding carboxylic acids is 1. The Hall–Kier alpha value is -1.60. The molecule has 0 radical (unpaired) electrons. The van der Waals surface area contributed by atoms with Gasteiger partial charge in [-0.2, -0.15) is 0 Å². The summed E-state index contributed by atoms with van der Waals surface area (Å²) in [6.45, 7) is 3.47. The lowest BCUT2D eigenvalue weighted by atomic mass is 10.1. The maximum absolute atomic E-state index is 12.6. The second kappa shape index (κ2) is 7.33. The fourth-order valence-electron chi connectivity index (χ4n) is 2.22. The first kappa shape index (κ1) is 19.7. The van der Waals surface area contributed by atoms with E-state index in [4.69, 9.17) is 23.2 Å². The van der Waals surface area contributed by atoms with Crippen LogP contribution in [0.2, 0.25) is 10.0 Å². The molecule has 2 rings (SSSR count). The second-order valence-corrected chi connectivity index (χ2v) is 8.66. The number of sulfonamides is 1. The SMILES string of the molecule is Cc1cc(C(=O)Nc2cccc(Cl)c2Cl)cc(S(=O)(=O)N(C)C)c1C. The Morgan fingerprint density at radius 1 is 1.12 bits per heavy atom. The standard InChI is InChI=1S/C17H18Cl2N2O3S/c1-10-8-12(9-15(11(10)2)25(23,24)21(3)4)17(22)20-14-7-5-6-13(18)16(14)19/h5-9H,1-4H3,(H,20,22). The van der Waals surface area contributed by atoms with Crippen LogP contribution < -0.4 is 5.32 Å². The van der Waals surface area contributed by atoms with Crippen molar-refractivity contribution in [3.8, 4) is 0 Å². The van der Waals surface area contributed by atoms with E-state index in [0.29, 0.717) is 21.8 Å². The Kier molecular flexibility index (Phi) is 5.79. The van der Waals surface area contributed by atoms with Gasteiger partial charge in [0.05, 0.1) is 20.6 Å². The van der Waals surface area contributed by atoms with Gasteiger partial charge in [0.15, 0.2) is 0 Å². The number of anilines is 1. The molecule has 0 saturated carbocycles. The van der Waals surface area contributed by atoms with Crippen LogP contribution in [0.5, 0.6) is 0 Å². The minimum Gasteiger partial charge on any atom is -0.321 e. The van der Waals surface area contributed by atoms with Crippen molar-refractivity contribution in [3.63, 3.8) is 0 Å². The highest BCUT2D eigenvalue weighted by molar-refractivity contribution is 7.89.